The Bertz CT molecular complexity index is 2390. The van der Waals surface area contributed by atoms with Gasteiger partial charge in [-0.15, -0.1) is 0 Å². The molecule has 0 aliphatic carbocycles. The summed E-state index contributed by atoms with van der Waals surface area (Å²) in [5.74, 6) is 0. The molecule has 0 fully saturated rings. The molecule has 0 N–H and O–H groups in total. The van der Waals surface area contributed by atoms with Gasteiger partial charge in [-0.1, -0.05) is 97.1 Å². The van der Waals surface area contributed by atoms with Crippen molar-refractivity contribution in [3.05, 3.63) is 134 Å². The average Bonchev–Trinajstić information content (AvgIpc) is 3.49. The molecule has 0 amide bonds. The van der Waals surface area contributed by atoms with Crippen molar-refractivity contribution in [3.8, 4) is 33.6 Å². The van der Waals surface area contributed by atoms with Crippen molar-refractivity contribution in [2.45, 2.75) is 0 Å². The maximum atomic E-state index is 12.5. The molecule has 0 unspecified atom stereocenters. The Kier molecular flexibility index (Phi) is 5.82. The van der Waals surface area contributed by atoms with E-state index in [-0.39, 0.29) is 0 Å². The van der Waals surface area contributed by atoms with Gasteiger partial charge in [-0.05, 0) is 59.5 Å². The van der Waals surface area contributed by atoms with Gasteiger partial charge in [0.25, 0.3) is 0 Å². The Hall–Kier alpha value is -5.05. The smallest absolute Gasteiger partial charge is 0.146 e. The molecule has 5 heteroatoms. The van der Waals surface area contributed by atoms with Crippen molar-refractivity contribution >= 4 is 50.5 Å². The zero-order chi connectivity index (χ0) is 29.1. The van der Waals surface area contributed by atoms with Gasteiger partial charge >= 0.3 is 0 Å². The van der Waals surface area contributed by atoms with Crippen molar-refractivity contribution in [1.29, 1.82) is 0 Å². The van der Waals surface area contributed by atoms with E-state index < -0.39 is 7.14 Å². The number of imidazole rings is 1. The van der Waals surface area contributed by atoms with Crippen LogP contribution >= 0.6 is 7.14 Å². The first-order valence-corrected chi connectivity index (χ1v) is 17.0. The summed E-state index contributed by atoms with van der Waals surface area (Å²) in [6.07, 6.45) is 4.19. The summed E-state index contributed by atoms with van der Waals surface area (Å²) < 4.78 is 14.6. The molecule has 0 aliphatic heterocycles. The van der Waals surface area contributed by atoms with E-state index in [0.29, 0.717) is 0 Å². The Labute approximate surface area is 249 Å². The molecular weight excluding hydrogens is 545 g/mol. The highest BCUT2D eigenvalue weighted by atomic mass is 31.2. The van der Waals surface area contributed by atoms with Crippen LogP contribution in [0.1, 0.15) is 0 Å². The molecule has 4 nitrogen and oxygen atoms in total. The molecule has 0 radical (unpaired) electrons. The molecule has 0 saturated heterocycles. The van der Waals surface area contributed by atoms with Crippen molar-refractivity contribution in [2.24, 2.45) is 0 Å². The van der Waals surface area contributed by atoms with Crippen molar-refractivity contribution in [1.82, 2.24) is 14.4 Å². The lowest BCUT2D eigenvalue weighted by molar-refractivity contribution is 0.588. The maximum Gasteiger partial charge on any atom is 0.146 e. The number of para-hydroxylation sites is 1. The fraction of sp³-hybridized carbons (Fsp3) is 0.0526. The van der Waals surface area contributed by atoms with Crippen LogP contribution in [0.5, 0.6) is 0 Å². The van der Waals surface area contributed by atoms with Crippen LogP contribution in [-0.4, -0.2) is 27.7 Å². The van der Waals surface area contributed by atoms with Gasteiger partial charge in [0.15, 0.2) is 0 Å². The number of rotatable bonds is 4. The third kappa shape index (κ3) is 4.43. The van der Waals surface area contributed by atoms with E-state index in [1.165, 1.54) is 0 Å². The van der Waals surface area contributed by atoms with Crippen molar-refractivity contribution in [3.63, 3.8) is 0 Å². The lowest BCUT2D eigenvalue weighted by Gasteiger charge is -2.12. The van der Waals surface area contributed by atoms with E-state index in [4.69, 9.17) is 9.97 Å². The normalized spacial score (nSPS) is 12.0. The maximum absolute atomic E-state index is 12.5. The number of hydrogen-bond donors (Lipinski definition) is 0. The molecule has 3 heterocycles. The minimum Gasteiger partial charge on any atom is -0.319 e. The molecule has 3 aromatic heterocycles. The third-order valence-corrected chi connectivity index (χ3v) is 9.84. The quantitative estimate of drug-likeness (QED) is 0.156. The van der Waals surface area contributed by atoms with Crippen LogP contribution in [-0.2, 0) is 4.57 Å². The summed E-state index contributed by atoms with van der Waals surface area (Å²) in [4.78, 5) is 10.3. The van der Waals surface area contributed by atoms with Gasteiger partial charge in [-0.2, -0.15) is 0 Å². The van der Waals surface area contributed by atoms with Gasteiger partial charge in [0.2, 0.25) is 0 Å². The molecule has 8 aromatic rings. The van der Waals surface area contributed by atoms with E-state index in [0.717, 1.165) is 77.0 Å². The SMILES string of the molecule is CP(C)(=O)c1ccc(-c2ccc3cc(-c4nc5ccccc5c5c4ccn4cc(-c6ccccc6)nc54)ccc3c2)cc1. The molecule has 0 aliphatic rings. The van der Waals surface area contributed by atoms with Crippen LogP contribution in [0.2, 0.25) is 0 Å². The third-order valence-electron chi connectivity index (χ3n) is 8.29. The largest absolute Gasteiger partial charge is 0.319 e. The van der Waals surface area contributed by atoms with E-state index >= 15 is 0 Å². The standard InChI is InChI=1S/C38H28N3OP/c1-43(2,42)31-18-16-25(17-19-31)27-12-13-29-23-30(15-14-28(29)22-27)37-33-20-21-41-24-35(26-8-4-3-5-9-26)40-38(41)36(33)32-10-6-7-11-34(32)39-37/h3-24H,1-2H3. The van der Waals surface area contributed by atoms with Crippen molar-refractivity contribution < 1.29 is 4.57 Å². The molecular formula is C38H28N3OP. The van der Waals surface area contributed by atoms with Crippen molar-refractivity contribution in [2.75, 3.05) is 13.3 Å². The summed E-state index contributed by atoms with van der Waals surface area (Å²) in [7, 11) is -2.27. The molecule has 8 rings (SSSR count). The first-order valence-electron chi connectivity index (χ1n) is 14.4. The highest BCUT2D eigenvalue weighted by molar-refractivity contribution is 7.70. The van der Waals surface area contributed by atoms with Gasteiger partial charge in [0.05, 0.1) is 16.9 Å². The summed E-state index contributed by atoms with van der Waals surface area (Å²) in [6.45, 7) is 3.62. The second kappa shape index (κ2) is 9.76. The Morgan fingerprint density at radius 3 is 2.05 bits per heavy atom. The van der Waals surface area contributed by atoms with Crippen LogP contribution in [0.4, 0.5) is 0 Å². The van der Waals surface area contributed by atoms with E-state index in [1.54, 1.807) is 0 Å². The molecule has 0 atom stereocenters. The zero-order valence-electron chi connectivity index (χ0n) is 23.9. The molecule has 0 spiro atoms. The highest BCUT2D eigenvalue weighted by Crippen LogP contribution is 2.38. The second-order valence-corrected chi connectivity index (χ2v) is 14.7. The number of nitrogens with zero attached hydrogens (tertiary/aromatic N) is 3. The molecule has 5 aromatic carbocycles. The highest BCUT2D eigenvalue weighted by Gasteiger charge is 2.16. The van der Waals surface area contributed by atoms with E-state index in [2.05, 4.69) is 102 Å². The van der Waals surface area contributed by atoms with Crippen LogP contribution in [0, 0.1) is 0 Å². The van der Waals surface area contributed by atoms with Gasteiger partial charge in [-0.3, -0.25) is 0 Å². The summed E-state index contributed by atoms with van der Waals surface area (Å²) >= 11 is 0. The zero-order valence-corrected chi connectivity index (χ0v) is 24.8. The van der Waals surface area contributed by atoms with Gasteiger partial charge in [0.1, 0.15) is 12.8 Å². The Morgan fingerprint density at radius 1 is 0.605 bits per heavy atom. The van der Waals surface area contributed by atoms with E-state index in [1.807, 2.05) is 49.7 Å². The lowest BCUT2D eigenvalue weighted by Crippen LogP contribution is -2.01. The van der Waals surface area contributed by atoms with Gasteiger partial charge < -0.3 is 8.97 Å². The lowest BCUT2D eigenvalue weighted by atomic mass is 9.97. The van der Waals surface area contributed by atoms with Gasteiger partial charge in [-0.25, -0.2) is 9.97 Å². The fourth-order valence-electron chi connectivity index (χ4n) is 6.03. The van der Waals surface area contributed by atoms with Crippen LogP contribution in [0.15, 0.2) is 134 Å². The molecule has 206 valence electrons. The van der Waals surface area contributed by atoms with Gasteiger partial charge in [0, 0.05) is 45.0 Å². The number of fused-ring (bicyclic) bond motifs is 6. The minimum absolute atomic E-state index is 0.903. The number of benzene rings is 5. The Balaban J connectivity index is 1.27. The monoisotopic (exact) mass is 573 g/mol. The summed E-state index contributed by atoms with van der Waals surface area (Å²) in [5, 5.41) is 6.50. The first kappa shape index (κ1) is 25.6. The number of pyridine rings is 2. The average molecular weight is 574 g/mol. The van der Waals surface area contributed by atoms with Crippen LogP contribution < -0.4 is 5.30 Å². The minimum atomic E-state index is -2.27. The Morgan fingerprint density at radius 2 is 1.28 bits per heavy atom. The number of aromatic nitrogens is 3. The fourth-order valence-corrected chi connectivity index (χ4v) is 6.90. The predicted molar refractivity (Wildman–Crippen MR) is 181 cm³/mol. The van der Waals surface area contributed by atoms with Crippen LogP contribution in [0.25, 0.3) is 71.7 Å². The van der Waals surface area contributed by atoms with E-state index in [9.17, 15) is 4.57 Å². The molecule has 43 heavy (non-hydrogen) atoms. The first-order chi connectivity index (χ1) is 20.9. The number of hydrogen-bond acceptors (Lipinski definition) is 3. The predicted octanol–water partition coefficient (Wildman–Crippen LogP) is 9.44. The summed E-state index contributed by atoms with van der Waals surface area (Å²) in [6, 6.07) is 42.0. The molecule has 0 bridgehead atoms. The molecule has 0 saturated carbocycles. The van der Waals surface area contributed by atoms with Crippen LogP contribution in [0.3, 0.4) is 0 Å². The summed E-state index contributed by atoms with van der Waals surface area (Å²) in [5.41, 5.74) is 8.19. The second-order valence-electron chi connectivity index (χ2n) is 11.5. The topological polar surface area (TPSA) is 47.3 Å².